The molecule has 0 fully saturated rings. The van der Waals surface area contributed by atoms with E-state index in [0.717, 1.165) is 18.2 Å². The molecule has 0 amide bonds. The van der Waals surface area contributed by atoms with E-state index in [-0.39, 0.29) is 11.5 Å². The number of halogens is 3. The summed E-state index contributed by atoms with van der Waals surface area (Å²) in [4.78, 5) is 0. The monoisotopic (exact) mass is 255 g/mol. The van der Waals surface area contributed by atoms with Gasteiger partial charge in [-0.2, -0.15) is 0 Å². The van der Waals surface area contributed by atoms with E-state index in [4.69, 9.17) is 22.1 Å². The van der Waals surface area contributed by atoms with E-state index in [1.807, 2.05) is 0 Å². The summed E-state index contributed by atoms with van der Waals surface area (Å²) in [5.74, 6) is -1.17. The van der Waals surface area contributed by atoms with Crippen LogP contribution in [0.15, 0.2) is 36.4 Å². The first kappa shape index (κ1) is 11.7. The van der Waals surface area contributed by atoms with E-state index in [1.54, 1.807) is 12.1 Å². The Bertz CT molecular complexity index is 540. The van der Waals surface area contributed by atoms with Crippen molar-refractivity contribution in [1.82, 2.24) is 0 Å². The second kappa shape index (κ2) is 4.59. The molecule has 0 saturated carbocycles. The van der Waals surface area contributed by atoms with Crippen LogP contribution >= 0.6 is 11.6 Å². The minimum atomic E-state index is -0.722. The molecule has 2 N–H and O–H groups in total. The molecule has 0 aliphatic carbocycles. The van der Waals surface area contributed by atoms with Gasteiger partial charge in [0.15, 0.2) is 5.75 Å². The van der Waals surface area contributed by atoms with Crippen LogP contribution in [0.4, 0.5) is 14.5 Å². The Kier molecular flexibility index (Phi) is 3.15. The van der Waals surface area contributed by atoms with Crippen molar-refractivity contribution in [2.45, 2.75) is 0 Å². The van der Waals surface area contributed by atoms with Gasteiger partial charge in [0, 0.05) is 29.3 Å². The summed E-state index contributed by atoms with van der Waals surface area (Å²) in [6.45, 7) is 0. The maximum atomic E-state index is 12.9. The van der Waals surface area contributed by atoms with Crippen LogP contribution in [0, 0.1) is 11.6 Å². The average Bonchev–Trinajstić information content (AvgIpc) is 2.22. The van der Waals surface area contributed by atoms with E-state index in [2.05, 4.69) is 0 Å². The summed E-state index contributed by atoms with van der Waals surface area (Å²) in [6, 6.07) is 7.49. The lowest BCUT2D eigenvalue weighted by Crippen LogP contribution is -1.93. The molecule has 0 atom stereocenters. The third-order valence-corrected chi connectivity index (χ3v) is 2.27. The molecular weight excluding hydrogens is 248 g/mol. The lowest BCUT2D eigenvalue weighted by atomic mass is 10.3. The van der Waals surface area contributed by atoms with Gasteiger partial charge in [-0.1, -0.05) is 11.6 Å². The Hall–Kier alpha value is -1.81. The standard InChI is InChI=1S/C12H8ClF2NO/c13-7-1-2-11(16)12(3-7)17-10-5-8(14)4-9(15)6-10/h1-6H,16H2. The van der Waals surface area contributed by atoms with Crippen molar-refractivity contribution in [3.05, 3.63) is 53.1 Å². The van der Waals surface area contributed by atoms with E-state index >= 15 is 0 Å². The van der Waals surface area contributed by atoms with Gasteiger partial charge in [-0.3, -0.25) is 0 Å². The van der Waals surface area contributed by atoms with Crippen molar-refractivity contribution in [3.63, 3.8) is 0 Å². The number of anilines is 1. The number of nitrogen functional groups attached to an aromatic ring is 1. The Labute approximate surface area is 102 Å². The van der Waals surface area contributed by atoms with E-state index in [1.165, 1.54) is 6.07 Å². The van der Waals surface area contributed by atoms with Crippen molar-refractivity contribution in [3.8, 4) is 11.5 Å². The quantitative estimate of drug-likeness (QED) is 0.824. The molecule has 5 heteroatoms. The van der Waals surface area contributed by atoms with Gasteiger partial charge in [0.05, 0.1) is 5.69 Å². The van der Waals surface area contributed by atoms with E-state index in [0.29, 0.717) is 10.7 Å². The van der Waals surface area contributed by atoms with Crippen LogP contribution in [0.5, 0.6) is 11.5 Å². The molecule has 2 aromatic carbocycles. The van der Waals surface area contributed by atoms with Gasteiger partial charge in [-0.25, -0.2) is 8.78 Å². The van der Waals surface area contributed by atoms with Crippen molar-refractivity contribution in [1.29, 1.82) is 0 Å². The molecule has 2 aromatic rings. The number of hydrogen-bond acceptors (Lipinski definition) is 2. The van der Waals surface area contributed by atoms with Gasteiger partial charge in [0.25, 0.3) is 0 Å². The van der Waals surface area contributed by atoms with Crippen LogP contribution in [0.2, 0.25) is 5.02 Å². The summed E-state index contributed by atoms with van der Waals surface area (Å²) in [5, 5.41) is 0.422. The Morgan fingerprint density at radius 3 is 2.29 bits per heavy atom. The van der Waals surface area contributed by atoms with Crippen LogP contribution in [0.1, 0.15) is 0 Å². The largest absolute Gasteiger partial charge is 0.455 e. The predicted octanol–water partition coefficient (Wildman–Crippen LogP) is 3.99. The van der Waals surface area contributed by atoms with Gasteiger partial charge in [-0.05, 0) is 12.1 Å². The summed E-state index contributed by atoms with van der Waals surface area (Å²) >= 11 is 5.76. The van der Waals surface area contributed by atoms with Gasteiger partial charge in [-0.15, -0.1) is 0 Å². The van der Waals surface area contributed by atoms with Crippen molar-refractivity contribution in [2.24, 2.45) is 0 Å². The van der Waals surface area contributed by atoms with Gasteiger partial charge in [0.2, 0.25) is 0 Å². The maximum Gasteiger partial charge on any atom is 0.151 e. The van der Waals surface area contributed by atoms with Crippen molar-refractivity contribution >= 4 is 17.3 Å². The minimum absolute atomic E-state index is 0.0245. The van der Waals surface area contributed by atoms with Crippen LogP contribution in [-0.2, 0) is 0 Å². The lowest BCUT2D eigenvalue weighted by molar-refractivity contribution is 0.470. The first-order valence-corrected chi connectivity index (χ1v) is 5.11. The Morgan fingerprint density at radius 1 is 1.00 bits per heavy atom. The average molecular weight is 256 g/mol. The molecule has 0 aliphatic heterocycles. The highest BCUT2D eigenvalue weighted by Gasteiger charge is 2.06. The third kappa shape index (κ3) is 2.85. The third-order valence-electron chi connectivity index (χ3n) is 2.04. The van der Waals surface area contributed by atoms with E-state index < -0.39 is 11.6 Å². The molecule has 0 spiro atoms. The fraction of sp³-hybridized carbons (Fsp3) is 0. The first-order chi connectivity index (χ1) is 8.04. The summed E-state index contributed by atoms with van der Waals surface area (Å²) in [5.41, 5.74) is 5.97. The van der Waals surface area contributed by atoms with Crippen LogP contribution < -0.4 is 10.5 Å². The van der Waals surface area contributed by atoms with Crippen molar-refractivity contribution in [2.75, 3.05) is 5.73 Å². The number of ether oxygens (including phenoxy) is 1. The highest BCUT2D eigenvalue weighted by Crippen LogP contribution is 2.30. The SMILES string of the molecule is Nc1ccc(Cl)cc1Oc1cc(F)cc(F)c1. The number of benzene rings is 2. The molecule has 2 rings (SSSR count). The normalized spacial score (nSPS) is 10.3. The molecular formula is C12H8ClF2NO. The van der Waals surface area contributed by atoms with Gasteiger partial charge in [0.1, 0.15) is 17.4 Å². The zero-order valence-corrected chi connectivity index (χ0v) is 9.34. The Morgan fingerprint density at radius 2 is 1.65 bits per heavy atom. The highest BCUT2D eigenvalue weighted by atomic mass is 35.5. The molecule has 0 saturated heterocycles. The molecule has 0 bridgehead atoms. The lowest BCUT2D eigenvalue weighted by Gasteiger charge is -2.08. The molecule has 0 aliphatic rings. The molecule has 17 heavy (non-hydrogen) atoms. The van der Waals surface area contributed by atoms with Crippen LogP contribution in [0.25, 0.3) is 0 Å². The fourth-order valence-electron chi connectivity index (χ4n) is 1.31. The first-order valence-electron chi connectivity index (χ1n) is 4.73. The van der Waals surface area contributed by atoms with Crippen LogP contribution in [0.3, 0.4) is 0 Å². The highest BCUT2D eigenvalue weighted by molar-refractivity contribution is 6.30. The summed E-state index contributed by atoms with van der Waals surface area (Å²) < 4.78 is 31.1. The summed E-state index contributed by atoms with van der Waals surface area (Å²) in [7, 11) is 0. The van der Waals surface area contributed by atoms with Crippen LogP contribution in [-0.4, -0.2) is 0 Å². The molecule has 88 valence electrons. The topological polar surface area (TPSA) is 35.2 Å². The molecule has 0 aromatic heterocycles. The van der Waals surface area contributed by atoms with E-state index in [9.17, 15) is 8.78 Å². The second-order valence-corrected chi connectivity index (χ2v) is 3.83. The predicted molar refractivity (Wildman–Crippen MR) is 62.3 cm³/mol. The number of rotatable bonds is 2. The molecule has 2 nitrogen and oxygen atoms in total. The smallest absolute Gasteiger partial charge is 0.151 e. The fourth-order valence-corrected chi connectivity index (χ4v) is 1.47. The maximum absolute atomic E-state index is 12.9. The molecule has 0 unspecified atom stereocenters. The minimum Gasteiger partial charge on any atom is -0.455 e. The van der Waals surface area contributed by atoms with Gasteiger partial charge < -0.3 is 10.5 Å². The summed E-state index contributed by atoms with van der Waals surface area (Å²) in [6.07, 6.45) is 0. The number of hydrogen-bond donors (Lipinski definition) is 1. The zero-order valence-electron chi connectivity index (χ0n) is 8.58. The Balaban J connectivity index is 2.34. The zero-order chi connectivity index (χ0) is 12.4. The van der Waals surface area contributed by atoms with Crippen molar-refractivity contribution < 1.29 is 13.5 Å². The van der Waals surface area contributed by atoms with Gasteiger partial charge >= 0.3 is 0 Å². The second-order valence-electron chi connectivity index (χ2n) is 3.39. The number of nitrogens with two attached hydrogens (primary N) is 1. The molecule has 0 radical (unpaired) electrons. The molecule has 0 heterocycles.